The average Bonchev–Trinajstić information content (AvgIpc) is 2.47. The molecule has 22 heavy (non-hydrogen) atoms. The minimum Gasteiger partial charge on any atom is -0.508 e. The first-order chi connectivity index (χ1) is 10.4. The third kappa shape index (κ3) is 3.06. The predicted molar refractivity (Wildman–Crippen MR) is 84.1 cm³/mol. The molecule has 6 nitrogen and oxygen atoms in total. The van der Waals surface area contributed by atoms with Gasteiger partial charge in [-0.1, -0.05) is 19.1 Å². The summed E-state index contributed by atoms with van der Waals surface area (Å²) in [6, 6.07) is 9.04. The van der Waals surface area contributed by atoms with E-state index in [1.807, 2.05) is 6.92 Å². The zero-order chi connectivity index (χ0) is 16.3. The Morgan fingerprint density at radius 3 is 2.55 bits per heavy atom. The number of nitrogens with zero attached hydrogens (tertiary/aromatic N) is 2. The molecule has 0 saturated heterocycles. The molecule has 0 aliphatic rings. The number of hydrogen-bond donors (Lipinski definition) is 2. The Balaban J connectivity index is 2.53. The molecule has 0 spiro atoms. The second-order valence-corrected chi connectivity index (χ2v) is 4.79. The van der Waals surface area contributed by atoms with E-state index in [0.29, 0.717) is 23.3 Å². The summed E-state index contributed by atoms with van der Waals surface area (Å²) < 4.78 is 0. The molecule has 0 heterocycles. The molecule has 0 fully saturated rings. The van der Waals surface area contributed by atoms with Crippen molar-refractivity contribution < 1.29 is 15.1 Å². The second kappa shape index (κ2) is 6.26. The van der Waals surface area contributed by atoms with Gasteiger partial charge in [-0.25, -0.2) is 4.99 Å². The summed E-state index contributed by atoms with van der Waals surface area (Å²) in [5.74, 6) is -0.100. The van der Waals surface area contributed by atoms with E-state index >= 15 is 0 Å². The monoisotopic (exact) mass is 300 g/mol. The molecule has 0 amide bonds. The van der Waals surface area contributed by atoms with Gasteiger partial charge in [-0.05, 0) is 31.0 Å². The fraction of sp³-hybridized carbons (Fsp3) is 0.188. The van der Waals surface area contributed by atoms with E-state index in [2.05, 4.69) is 4.99 Å². The summed E-state index contributed by atoms with van der Waals surface area (Å²) in [5.41, 5.74) is 1.66. The van der Waals surface area contributed by atoms with Crippen molar-refractivity contribution in [2.45, 2.75) is 20.3 Å². The van der Waals surface area contributed by atoms with E-state index in [-0.39, 0.29) is 22.9 Å². The number of para-hydroxylation sites is 2. The van der Waals surface area contributed by atoms with Crippen LogP contribution in [0.2, 0.25) is 0 Å². The van der Waals surface area contributed by atoms with Crippen LogP contribution in [0, 0.1) is 10.1 Å². The molecule has 114 valence electrons. The molecule has 0 saturated carbocycles. The highest BCUT2D eigenvalue weighted by molar-refractivity contribution is 6.03. The molecule has 6 heteroatoms. The molecule has 0 aliphatic carbocycles. The molecule has 0 atom stereocenters. The SMILES string of the molecule is CCc1cc(C(C)=Nc2ccccc2[N+](=O)[O-])c(O)cc1O. The van der Waals surface area contributed by atoms with Crippen molar-refractivity contribution in [3.8, 4) is 11.5 Å². The van der Waals surface area contributed by atoms with Gasteiger partial charge >= 0.3 is 0 Å². The first-order valence-electron chi connectivity index (χ1n) is 6.78. The highest BCUT2D eigenvalue weighted by atomic mass is 16.6. The zero-order valence-corrected chi connectivity index (χ0v) is 12.3. The maximum Gasteiger partial charge on any atom is 0.294 e. The van der Waals surface area contributed by atoms with Gasteiger partial charge < -0.3 is 10.2 Å². The maximum atomic E-state index is 11.0. The number of phenolic OH excluding ortho intramolecular Hbond substituents is 2. The number of benzene rings is 2. The highest BCUT2D eigenvalue weighted by Crippen LogP contribution is 2.31. The van der Waals surface area contributed by atoms with Crippen LogP contribution in [0.5, 0.6) is 11.5 Å². The van der Waals surface area contributed by atoms with E-state index < -0.39 is 4.92 Å². The number of aryl methyl sites for hydroxylation is 1. The third-order valence-corrected chi connectivity index (χ3v) is 3.33. The molecule has 2 N–H and O–H groups in total. The van der Waals surface area contributed by atoms with E-state index in [4.69, 9.17) is 0 Å². The first kappa shape index (κ1) is 15.5. The number of nitro benzene ring substituents is 1. The van der Waals surface area contributed by atoms with Crippen molar-refractivity contribution >= 4 is 17.1 Å². The summed E-state index contributed by atoms with van der Waals surface area (Å²) in [7, 11) is 0. The van der Waals surface area contributed by atoms with Crippen molar-refractivity contribution in [2.75, 3.05) is 0 Å². The van der Waals surface area contributed by atoms with Crippen LogP contribution in [0.4, 0.5) is 11.4 Å². The smallest absolute Gasteiger partial charge is 0.294 e. The Bertz CT molecular complexity index is 754. The van der Waals surface area contributed by atoms with Gasteiger partial charge in [0.05, 0.1) is 4.92 Å². The fourth-order valence-corrected chi connectivity index (χ4v) is 2.15. The Morgan fingerprint density at radius 2 is 1.91 bits per heavy atom. The minimum absolute atomic E-state index is 0.0160. The number of phenols is 2. The average molecular weight is 300 g/mol. The Kier molecular flexibility index (Phi) is 4.41. The lowest BCUT2D eigenvalue weighted by molar-refractivity contribution is -0.384. The molecule has 0 aromatic heterocycles. The van der Waals surface area contributed by atoms with Crippen LogP contribution >= 0.6 is 0 Å². The van der Waals surface area contributed by atoms with E-state index in [1.54, 1.807) is 31.2 Å². The summed E-state index contributed by atoms with van der Waals surface area (Å²) in [5, 5.41) is 30.7. The van der Waals surface area contributed by atoms with Crippen LogP contribution in [0.1, 0.15) is 25.0 Å². The summed E-state index contributed by atoms with van der Waals surface area (Å²) in [6.45, 7) is 3.53. The quantitative estimate of drug-likeness (QED) is 0.511. The topological polar surface area (TPSA) is 96.0 Å². The Hall–Kier alpha value is -2.89. The number of hydrogen-bond acceptors (Lipinski definition) is 5. The molecular weight excluding hydrogens is 284 g/mol. The lowest BCUT2D eigenvalue weighted by Crippen LogP contribution is -1.98. The van der Waals surface area contributed by atoms with Crippen molar-refractivity contribution in [2.24, 2.45) is 4.99 Å². The van der Waals surface area contributed by atoms with Gasteiger partial charge in [0.2, 0.25) is 0 Å². The lowest BCUT2D eigenvalue weighted by atomic mass is 10.0. The van der Waals surface area contributed by atoms with E-state index in [9.17, 15) is 20.3 Å². The summed E-state index contributed by atoms with van der Waals surface area (Å²) in [6.07, 6.45) is 0.595. The van der Waals surface area contributed by atoms with Gasteiger partial charge in [-0.2, -0.15) is 0 Å². The third-order valence-electron chi connectivity index (χ3n) is 3.33. The largest absolute Gasteiger partial charge is 0.508 e. The van der Waals surface area contributed by atoms with Crippen LogP contribution in [-0.2, 0) is 6.42 Å². The maximum absolute atomic E-state index is 11.0. The Morgan fingerprint density at radius 1 is 1.23 bits per heavy atom. The summed E-state index contributed by atoms with van der Waals surface area (Å²) >= 11 is 0. The van der Waals surface area contributed by atoms with Crippen molar-refractivity contribution in [1.82, 2.24) is 0 Å². The first-order valence-corrected chi connectivity index (χ1v) is 6.78. The van der Waals surface area contributed by atoms with Gasteiger partial charge in [-0.15, -0.1) is 0 Å². The predicted octanol–water partition coefficient (Wildman–Crippen LogP) is 3.71. The number of rotatable bonds is 4. The molecule has 2 aromatic rings. The van der Waals surface area contributed by atoms with Crippen molar-refractivity contribution in [3.63, 3.8) is 0 Å². The number of aromatic hydroxyl groups is 2. The van der Waals surface area contributed by atoms with Crippen LogP contribution in [0.25, 0.3) is 0 Å². The molecular formula is C16H16N2O4. The number of nitro groups is 1. The Labute approximate surface area is 127 Å². The van der Waals surface area contributed by atoms with Gasteiger partial charge in [0.1, 0.15) is 17.2 Å². The number of aliphatic imine (C=N–C) groups is 1. The van der Waals surface area contributed by atoms with Gasteiger partial charge in [-0.3, -0.25) is 10.1 Å². The van der Waals surface area contributed by atoms with Crippen LogP contribution < -0.4 is 0 Å². The van der Waals surface area contributed by atoms with Gasteiger partial charge in [0, 0.05) is 23.4 Å². The minimum atomic E-state index is -0.500. The molecule has 0 unspecified atom stereocenters. The molecule has 0 radical (unpaired) electrons. The molecule has 2 rings (SSSR count). The zero-order valence-electron chi connectivity index (χ0n) is 12.3. The van der Waals surface area contributed by atoms with Crippen LogP contribution in [0.3, 0.4) is 0 Å². The van der Waals surface area contributed by atoms with Crippen molar-refractivity contribution in [1.29, 1.82) is 0 Å². The fourth-order valence-electron chi connectivity index (χ4n) is 2.15. The van der Waals surface area contributed by atoms with Gasteiger partial charge in [0.15, 0.2) is 0 Å². The molecule has 0 bridgehead atoms. The van der Waals surface area contributed by atoms with E-state index in [0.717, 1.165) is 0 Å². The standard InChI is InChI=1S/C16H16N2O4/c1-3-11-8-12(16(20)9-15(11)19)10(2)17-13-6-4-5-7-14(13)18(21)22/h4-9,19-20H,3H2,1-2H3. The van der Waals surface area contributed by atoms with Crippen LogP contribution in [-0.4, -0.2) is 20.8 Å². The lowest BCUT2D eigenvalue weighted by Gasteiger charge is -2.09. The van der Waals surface area contributed by atoms with Crippen molar-refractivity contribution in [3.05, 3.63) is 57.6 Å². The molecule has 2 aromatic carbocycles. The highest BCUT2D eigenvalue weighted by Gasteiger charge is 2.14. The second-order valence-electron chi connectivity index (χ2n) is 4.79. The normalized spacial score (nSPS) is 11.5. The summed E-state index contributed by atoms with van der Waals surface area (Å²) in [4.78, 5) is 14.8. The van der Waals surface area contributed by atoms with Crippen LogP contribution in [0.15, 0.2) is 41.4 Å². The van der Waals surface area contributed by atoms with Gasteiger partial charge in [0.25, 0.3) is 5.69 Å². The van der Waals surface area contributed by atoms with E-state index in [1.165, 1.54) is 12.1 Å². The molecule has 0 aliphatic heterocycles.